The van der Waals surface area contributed by atoms with E-state index in [0.29, 0.717) is 12.1 Å². The number of hydrogen-bond donors (Lipinski definition) is 2. The normalized spacial score (nSPS) is 18.3. The van der Waals surface area contributed by atoms with Crippen molar-refractivity contribution in [1.82, 2.24) is 9.99 Å². The summed E-state index contributed by atoms with van der Waals surface area (Å²) in [5.41, 5.74) is 0.103. The molecular formula is C18H30N4O3. The van der Waals surface area contributed by atoms with Crippen molar-refractivity contribution in [2.75, 3.05) is 23.8 Å². The predicted octanol–water partition coefficient (Wildman–Crippen LogP) is 2.53. The molecule has 3 N–H and O–H groups in total. The molecule has 1 atom stereocenters. The third-order valence-electron chi connectivity index (χ3n) is 4.10. The SMILES string of the molecule is CC(C)C(=O)c1cc(N2CCC[C@@H](NC(=O)OC(C)(C)C)C2)n(N)c1. The van der Waals surface area contributed by atoms with E-state index in [0.717, 1.165) is 25.2 Å². The molecule has 1 saturated heterocycles. The molecule has 0 aromatic carbocycles. The zero-order valence-electron chi connectivity index (χ0n) is 15.8. The number of ketones is 1. The summed E-state index contributed by atoms with van der Waals surface area (Å²) in [6.07, 6.45) is 3.08. The topological polar surface area (TPSA) is 89.6 Å². The Morgan fingerprint density at radius 1 is 1.36 bits per heavy atom. The summed E-state index contributed by atoms with van der Waals surface area (Å²) in [7, 11) is 0. The van der Waals surface area contributed by atoms with E-state index in [1.807, 2.05) is 40.7 Å². The van der Waals surface area contributed by atoms with Gasteiger partial charge in [0.15, 0.2) is 5.78 Å². The molecule has 25 heavy (non-hydrogen) atoms. The van der Waals surface area contributed by atoms with Crippen molar-refractivity contribution in [3.05, 3.63) is 17.8 Å². The average molecular weight is 350 g/mol. The van der Waals surface area contributed by atoms with Crippen molar-refractivity contribution in [2.24, 2.45) is 5.92 Å². The summed E-state index contributed by atoms with van der Waals surface area (Å²) < 4.78 is 6.82. The predicted molar refractivity (Wildman–Crippen MR) is 98.4 cm³/mol. The quantitative estimate of drug-likeness (QED) is 0.643. The zero-order chi connectivity index (χ0) is 18.8. The molecule has 0 radical (unpaired) electrons. The summed E-state index contributed by atoms with van der Waals surface area (Å²) in [5.74, 6) is 6.85. The first kappa shape index (κ1) is 19.1. The lowest BCUT2D eigenvalue weighted by molar-refractivity contribution is 0.0499. The number of hydrogen-bond acceptors (Lipinski definition) is 5. The van der Waals surface area contributed by atoms with Gasteiger partial charge in [-0.25, -0.2) is 4.79 Å². The number of anilines is 1. The van der Waals surface area contributed by atoms with Gasteiger partial charge in [-0.3, -0.25) is 9.47 Å². The van der Waals surface area contributed by atoms with Crippen LogP contribution in [0.5, 0.6) is 0 Å². The van der Waals surface area contributed by atoms with Gasteiger partial charge in [0.25, 0.3) is 0 Å². The second-order valence-electron chi connectivity index (χ2n) is 7.94. The average Bonchev–Trinajstić information content (AvgIpc) is 2.86. The van der Waals surface area contributed by atoms with E-state index >= 15 is 0 Å². The number of rotatable bonds is 4. The standard InChI is InChI=1S/C18H30N4O3/c1-12(2)16(23)13-9-15(22(19)10-13)21-8-6-7-14(11-21)20-17(24)25-18(3,4)5/h9-10,12,14H,6-8,11,19H2,1-5H3,(H,20,24)/t14-/m1/s1. The Morgan fingerprint density at radius 3 is 2.64 bits per heavy atom. The van der Waals surface area contributed by atoms with Crippen molar-refractivity contribution in [1.29, 1.82) is 0 Å². The van der Waals surface area contributed by atoms with Gasteiger partial charge in [-0.15, -0.1) is 0 Å². The third-order valence-corrected chi connectivity index (χ3v) is 4.10. The lowest BCUT2D eigenvalue weighted by Gasteiger charge is -2.34. The Kier molecular flexibility index (Phi) is 5.65. The molecule has 140 valence electrons. The van der Waals surface area contributed by atoms with Gasteiger partial charge in [0.2, 0.25) is 0 Å². The largest absolute Gasteiger partial charge is 0.444 e. The lowest BCUT2D eigenvalue weighted by atomic mass is 10.0. The highest BCUT2D eigenvalue weighted by atomic mass is 16.6. The van der Waals surface area contributed by atoms with E-state index in [9.17, 15) is 9.59 Å². The molecule has 1 aliphatic rings. The molecule has 1 amide bonds. The van der Waals surface area contributed by atoms with E-state index in [2.05, 4.69) is 10.2 Å². The summed E-state index contributed by atoms with van der Waals surface area (Å²) >= 11 is 0. The molecule has 1 aliphatic heterocycles. The van der Waals surface area contributed by atoms with Crippen molar-refractivity contribution < 1.29 is 14.3 Å². The Labute approximate surface area is 149 Å². The van der Waals surface area contributed by atoms with Gasteiger partial charge in [-0.05, 0) is 39.7 Å². The molecule has 0 unspecified atom stereocenters. The van der Waals surface area contributed by atoms with Crippen LogP contribution in [0.3, 0.4) is 0 Å². The van der Waals surface area contributed by atoms with E-state index in [1.165, 1.54) is 4.68 Å². The number of piperidine rings is 1. The second-order valence-corrected chi connectivity index (χ2v) is 7.94. The number of ether oxygens (including phenoxy) is 1. The minimum atomic E-state index is -0.517. The monoisotopic (exact) mass is 350 g/mol. The van der Waals surface area contributed by atoms with Gasteiger partial charge >= 0.3 is 6.09 Å². The summed E-state index contributed by atoms with van der Waals surface area (Å²) in [6.45, 7) is 10.7. The zero-order valence-corrected chi connectivity index (χ0v) is 15.8. The van der Waals surface area contributed by atoms with Crippen LogP contribution in [0.1, 0.15) is 57.8 Å². The van der Waals surface area contributed by atoms with Crippen molar-refractivity contribution >= 4 is 17.7 Å². The van der Waals surface area contributed by atoms with Crippen molar-refractivity contribution in [3.8, 4) is 0 Å². The van der Waals surface area contributed by atoms with Crippen LogP contribution in [0, 0.1) is 5.92 Å². The van der Waals surface area contributed by atoms with Crippen LogP contribution >= 0.6 is 0 Å². The van der Waals surface area contributed by atoms with Crippen LogP contribution in [-0.2, 0) is 4.74 Å². The first-order valence-corrected chi connectivity index (χ1v) is 8.83. The number of carbonyl (C=O) groups excluding carboxylic acids is 2. The molecule has 1 aromatic rings. The molecule has 7 heteroatoms. The maximum Gasteiger partial charge on any atom is 0.407 e. The number of carbonyl (C=O) groups is 2. The summed E-state index contributed by atoms with van der Waals surface area (Å²) in [6, 6.07) is 1.82. The number of alkyl carbamates (subject to hydrolysis) is 1. The maximum atomic E-state index is 12.2. The molecule has 0 aliphatic carbocycles. The van der Waals surface area contributed by atoms with Crippen molar-refractivity contribution in [2.45, 2.75) is 59.1 Å². The molecule has 0 saturated carbocycles. The molecule has 7 nitrogen and oxygen atoms in total. The van der Waals surface area contributed by atoms with Crippen LogP contribution in [0.25, 0.3) is 0 Å². The van der Waals surface area contributed by atoms with Gasteiger partial charge < -0.3 is 20.8 Å². The van der Waals surface area contributed by atoms with Crippen molar-refractivity contribution in [3.63, 3.8) is 0 Å². The molecule has 2 rings (SSSR count). The highest BCUT2D eigenvalue weighted by Gasteiger charge is 2.26. The van der Waals surface area contributed by atoms with Crippen LogP contribution in [-0.4, -0.2) is 41.3 Å². The summed E-state index contributed by atoms with van der Waals surface area (Å²) in [5, 5.41) is 2.92. The van der Waals surface area contributed by atoms with Crippen LogP contribution in [0.15, 0.2) is 12.3 Å². The van der Waals surface area contributed by atoms with Gasteiger partial charge in [-0.2, -0.15) is 0 Å². The smallest absolute Gasteiger partial charge is 0.407 e. The van der Waals surface area contributed by atoms with Gasteiger partial charge in [0, 0.05) is 36.8 Å². The fraction of sp³-hybridized carbons (Fsp3) is 0.667. The first-order chi connectivity index (χ1) is 11.6. The number of aromatic nitrogens is 1. The molecule has 1 fully saturated rings. The fourth-order valence-corrected chi connectivity index (χ4v) is 2.97. The number of nitrogen functional groups attached to an aromatic ring is 1. The van der Waals surface area contributed by atoms with Crippen LogP contribution < -0.4 is 16.1 Å². The number of nitrogens with one attached hydrogen (secondary N) is 1. The van der Waals surface area contributed by atoms with Crippen LogP contribution in [0.4, 0.5) is 10.6 Å². The number of amides is 1. The Morgan fingerprint density at radius 2 is 2.04 bits per heavy atom. The second kappa shape index (κ2) is 7.37. The minimum absolute atomic E-state index is 0.0113. The minimum Gasteiger partial charge on any atom is -0.444 e. The molecule has 2 heterocycles. The Balaban J connectivity index is 2.04. The molecule has 0 bridgehead atoms. The Hall–Kier alpha value is -2.18. The highest BCUT2D eigenvalue weighted by Crippen LogP contribution is 2.23. The maximum absolute atomic E-state index is 12.2. The first-order valence-electron chi connectivity index (χ1n) is 8.83. The molecular weight excluding hydrogens is 320 g/mol. The molecule has 0 spiro atoms. The third kappa shape index (κ3) is 5.14. The Bertz CT molecular complexity index is 631. The van der Waals surface area contributed by atoms with E-state index < -0.39 is 11.7 Å². The molecule has 1 aromatic heterocycles. The van der Waals surface area contributed by atoms with Gasteiger partial charge in [0.05, 0.1) is 0 Å². The van der Waals surface area contributed by atoms with Gasteiger partial charge in [0.1, 0.15) is 11.4 Å². The number of Topliss-reactive ketones (excluding diaryl/α,β-unsaturated/α-hetero) is 1. The lowest BCUT2D eigenvalue weighted by Crippen LogP contribution is -2.49. The van der Waals surface area contributed by atoms with E-state index in [-0.39, 0.29) is 17.7 Å². The van der Waals surface area contributed by atoms with E-state index in [1.54, 1.807) is 6.20 Å². The highest BCUT2D eigenvalue weighted by molar-refractivity contribution is 5.98. The number of nitrogens with zero attached hydrogens (tertiary/aromatic N) is 2. The van der Waals surface area contributed by atoms with Crippen LogP contribution in [0.2, 0.25) is 0 Å². The van der Waals surface area contributed by atoms with E-state index in [4.69, 9.17) is 10.6 Å². The summed E-state index contributed by atoms with van der Waals surface area (Å²) in [4.78, 5) is 26.3. The van der Waals surface area contributed by atoms with Gasteiger partial charge in [-0.1, -0.05) is 13.8 Å². The number of nitrogens with two attached hydrogens (primary N) is 1. The fourth-order valence-electron chi connectivity index (χ4n) is 2.97.